The number of benzene rings is 1. The van der Waals surface area contributed by atoms with Crippen molar-refractivity contribution in [3.63, 3.8) is 0 Å². The van der Waals surface area contributed by atoms with E-state index in [2.05, 4.69) is 6.58 Å². The van der Waals surface area contributed by atoms with Gasteiger partial charge < -0.3 is 14.6 Å². The molecule has 0 radical (unpaired) electrons. The summed E-state index contributed by atoms with van der Waals surface area (Å²) in [5.74, 6) is 0.642. The van der Waals surface area contributed by atoms with Gasteiger partial charge >= 0.3 is 0 Å². The molecule has 0 aliphatic heterocycles. The molecule has 0 aliphatic carbocycles. The van der Waals surface area contributed by atoms with Gasteiger partial charge in [-0.25, -0.2) is 0 Å². The average Bonchev–Trinajstić information content (AvgIpc) is 2.31. The average molecular weight is 222 g/mol. The molecule has 0 spiro atoms. The van der Waals surface area contributed by atoms with Crippen LogP contribution in [0.25, 0.3) is 0 Å². The van der Waals surface area contributed by atoms with Gasteiger partial charge in [0.15, 0.2) is 6.29 Å². The number of aromatic hydroxyl groups is 1. The molecule has 0 unspecified atom stereocenters. The summed E-state index contributed by atoms with van der Waals surface area (Å²) >= 11 is 0. The molecule has 0 aliphatic rings. The van der Waals surface area contributed by atoms with Gasteiger partial charge in [0.2, 0.25) is 0 Å². The van der Waals surface area contributed by atoms with Crippen LogP contribution in [0.1, 0.15) is 15.9 Å². The fourth-order valence-electron chi connectivity index (χ4n) is 1.49. The number of methoxy groups -OCH3 is 2. The van der Waals surface area contributed by atoms with Crippen LogP contribution in [0, 0.1) is 0 Å². The Hall–Kier alpha value is -1.97. The maximum Gasteiger partial charge on any atom is 0.157 e. The van der Waals surface area contributed by atoms with E-state index in [1.807, 2.05) is 0 Å². The molecule has 4 nitrogen and oxygen atoms in total. The van der Waals surface area contributed by atoms with Crippen molar-refractivity contribution < 1.29 is 19.4 Å². The smallest absolute Gasteiger partial charge is 0.157 e. The molecule has 1 aromatic rings. The lowest BCUT2D eigenvalue weighted by Gasteiger charge is -2.13. The Kier molecular flexibility index (Phi) is 3.94. The van der Waals surface area contributed by atoms with Crippen molar-refractivity contribution in [3.05, 3.63) is 29.8 Å². The van der Waals surface area contributed by atoms with E-state index < -0.39 is 0 Å². The van der Waals surface area contributed by atoms with Crippen molar-refractivity contribution in [3.8, 4) is 17.2 Å². The van der Waals surface area contributed by atoms with Crippen LogP contribution in [0.15, 0.2) is 18.7 Å². The van der Waals surface area contributed by atoms with Crippen molar-refractivity contribution in [2.75, 3.05) is 14.2 Å². The molecule has 0 bridgehead atoms. The topological polar surface area (TPSA) is 55.8 Å². The molecule has 4 heteroatoms. The number of aldehydes is 1. The second kappa shape index (κ2) is 5.21. The number of hydrogen-bond donors (Lipinski definition) is 1. The summed E-state index contributed by atoms with van der Waals surface area (Å²) in [6.45, 7) is 3.58. The van der Waals surface area contributed by atoms with Gasteiger partial charge in [0.1, 0.15) is 17.2 Å². The quantitative estimate of drug-likeness (QED) is 0.611. The van der Waals surface area contributed by atoms with Gasteiger partial charge in [0.25, 0.3) is 0 Å². The molecule has 1 N–H and O–H groups in total. The van der Waals surface area contributed by atoms with Gasteiger partial charge in [-0.05, 0) is 6.42 Å². The van der Waals surface area contributed by atoms with Crippen LogP contribution in [0.5, 0.6) is 17.2 Å². The number of ether oxygens (including phenoxy) is 2. The molecule has 86 valence electrons. The van der Waals surface area contributed by atoms with E-state index in [0.717, 1.165) is 0 Å². The maximum absolute atomic E-state index is 10.9. The molecule has 0 fully saturated rings. The molecule has 1 aromatic carbocycles. The predicted molar refractivity (Wildman–Crippen MR) is 60.5 cm³/mol. The van der Waals surface area contributed by atoms with E-state index in [0.29, 0.717) is 24.0 Å². The summed E-state index contributed by atoms with van der Waals surface area (Å²) < 4.78 is 10.1. The van der Waals surface area contributed by atoms with Crippen LogP contribution < -0.4 is 9.47 Å². The second-order valence-electron chi connectivity index (χ2n) is 3.13. The van der Waals surface area contributed by atoms with E-state index in [4.69, 9.17) is 9.47 Å². The Morgan fingerprint density at radius 3 is 2.44 bits per heavy atom. The highest BCUT2D eigenvalue weighted by Gasteiger charge is 2.17. The van der Waals surface area contributed by atoms with E-state index >= 15 is 0 Å². The summed E-state index contributed by atoms with van der Waals surface area (Å²) in [7, 11) is 2.91. The van der Waals surface area contributed by atoms with Crippen molar-refractivity contribution in [1.29, 1.82) is 0 Å². The van der Waals surface area contributed by atoms with Crippen LogP contribution >= 0.6 is 0 Å². The number of rotatable bonds is 5. The van der Waals surface area contributed by atoms with Crippen LogP contribution in [0.2, 0.25) is 0 Å². The first-order chi connectivity index (χ1) is 7.69. The Bertz CT molecular complexity index is 410. The van der Waals surface area contributed by atoms with Gasteiger partial charge in [0, 0.05) is 11.6 Å². The minimum atomic E-state index is -0.119. The summed E-state index contributed by atoms with van der Waals surface area (Å²) in [5, 5.41) is 9.90. The highest BCUT2D eigenvalue weighted by atomic mass is 16.5. The van der Waals surface area contributed by atoms with Gasteiger partial charge in [-0.2, -0.15) is 0 Å². The first-order valence-electron chi connectivity index (χ1n) is 4.72. The normalized spacial score (nSPS) is 9.62. The Balaban J connectivity index is 3.47. The highest BCUT2D eigenvalue weighted by Crippen LogP contribution is 2.37. The molecule has 16 heavy (non-hydrogen) atoms. The SMILES string of the molecule is C=CCc1c(OC)cc(OC)c(C=O)c1O. The minimum absolute atomic E-state index is 0.119. The lowest BCUT2D eigenvalue weighted by atomic mass is 10.0. The number of carbonyl (C=O) groups is 1. The third-order valence-electron chi connectivity index (χ3n) is 2.27. The van der Waals surface area contributed by atoms with E-state index in [9.17, 15) is 9.90 Å². The first-order valence-corrected chi connectivity index (χ1v) is 4.72. The van der Waals surface area contributed by atoms with Crippen molar-refractivity contribution >= 4 is 6.29 Å². The molecular weight excluding hydrogens is 208 g/mol. The number of hydrogen-bond acceptors (Lipinski definition) is 4. The molecule has 0 amide bonds. The zero-order chi connectivity index (χ0) is 12.1. The number of allylic oxidation sites excluding steroid dienone is 1. The fourth-order valence-corrected chi connectivity index (χ4v) is 1.49. The van der Waals surface area contributed by atoms with Crippen molar-refractivity contribution in [2.45, 2.75) is 6.42 Å². The molecule has 0 atom stereocenters. The third kappa shape index (κ3) is 2.00. The molecular formula is C12H14O4. The molecule has 1 rings (SSSR count). The van der Waals surface area contributed by atoms with Crippen LogP contribution in [-0.4, -0.2) is 25.6 Å². The number of phenolic OH excluding ortho intramolecular Hbond substituents is 1. The molecule has 0 aromatic heterocycles. The van der Waals surface area contributed by atoms with Crippen LogP contribution in [0.4, 0.5) is 0 Å². The number of carbonyl (C=O) groups excluding carboxylic acids is 1. The zero-order valence-electron chi connectivity index (χ0n) is 9.32. The standard InChI is InChI=1S/C12H14O4/c1-4-5-8-10(15-2)6-11(16-3)9(7-13)12(8)14/h4,6-7,14H,1,5H2,2-3H3. The zero-order valence-corrected chi connectivity index (χ0v) is 9.32. The van der Waals surface area contributed by atoms with E-state index in [-0.39, 0.29) is 17.1 Å². The highest BCUT2D eigenvalue weighted by molar-refractivity contribution is 5.85. The summed E-state index contributed by atoms with van der Waals surface area (Å²) in [6, 6.07) is 1.57. The Labute approximate surface area is 94.1 Å². The summed E-state index contributed by atoms with van der Waals surface area (Å²) in [6.07, 6.45) is 2.60. The Morgan fingerprint density at radius 2 is 2.00 bits per heavy atom. The number of phenols is 1. The van der Waals surface area contributed by atoms with Gasteiger partial charge in [-0.1, -0.05) is 6.08 Å². The second-order valence-corrected chi connectivity index (χ2v) is 3.13. The van der Waals surface area contributed by atoms with Crippen LogP contribution in [-0.2, 0) is 6.42 Å². The van der Waals surface area contributed by atoms with E-state index in [1.54, 1.807) is 12.1 Å². The first kappa shape index (κ1) is 12.1. The molecule has 0 saturated carbocycles. The fraction of sp³-hybridized carbons (Fsp3) is 0.250. The van der Waals surface area contributed by atoms with E-state index in [1.165, 1.54) is 14.2 Å². The predicted octanol–water partition coefficient (Wildman–Crippen LogP) is 1.95. The van der Waals surface area contributed by atoms with Gasteiger partial charge in [0.05, 0.1) is 19.8 Å². The summed E-state index contributed by atoms with van der Waals surface area (Å²) in [5.41, 5.74) is 0.653. The largest absolute Gasteiger partial charge is 0.507 e. The van der Waals surface area contributed by atoms with Crippen molar-refractivity contribution in [1.82, 2.24) is 0 Å². The third-order valence-corrected chi connectivity index (χ3v) is 2.27. The molecule has 0 heterocycles. The monoisotopic (exact) mass is 222 g/mol. The van der Waals surface area contributed by atoms with Gasteiger partial charge in [-0.15, -0.1) is 6.58 Å². The lowest BCUT2D eigenvalue weighted by Crippen LogP contribution is -1.98. The van der Waals surface area contributed by atoms with Gasteiger partial charge in [-0.3, -0.25) is 4.79 Å². The summed E-state index contributed by atoms with van der Waals surface area (Å²) in [4.78, 5) is 10.9. The maximum atomic E-state index is 10.9. The Morgan fingerprint density at radius 1 is 1.38 bits per heavy atom. The van der Waals surface area contributed by atoms with Crippen LogP contribution in [0.3, 0.4) is 0 Å². The van der Waals surface area contributed by atoms with Crippen molar-refractivity contribution in [2.24, 2.45) is 0 Å². The minimum Gasteiger partial charge on any atom is -0.507 e. The lowest BCUT2D eigenvalue weighted by molar-refractivity contribution is 0.111. The molecule has 0 saturated heterocycles.